The average molecular weight is 398 g/mol. The number of carbonyl (C=O) groups excluding carboxylic acids is 1. The van der Waals surface area contributed by atoms with Crippen LogP contribution in [0, 0.1) is 0 Å². The topological polar surface area (TPSA) is 82.1 Å². The molecular weight excluding hydrogens is 370 g/mol. The average Bonchev–Trinajstić information content (AvgIpc) is 2.64. The highest BCUT2D eigenvalue weighted by atomic mass is 35.5. The Hall–Kier alpha value is -1.83. The second kappa shape index (κ2) is 11.1. The van der Waals surface area contributed by atoms with Crippen LogP contribution in [-0.2, 0) is 9.59 Å². The van der Waals surface area contributed by atoms with Gasteiger partial charge in [-0.1, -0.05) is 24.6 Å². The van der Waals surface area contributed by atoms with E-state index in [-0.39, 0.29) is 18.5 Å². The molecule has 1 aliphatic heterocycles. The maximum Gasteiger partial charge on any atom is 0.317 e. The molecule has 0 atom stereocenters. The van der Waals surface area contributed by atoms with E-state index in [0.717, 1.165) is 32.5 Å². The normalized spacial score (nSPS) is 15.7. The predicted molar refractivity (Wildman–Crippen MR) is 104 cm³/mol. The predicted octanol–water partition coefficient (Wildman–Crippen LogP) is 1.71. The van der Waals surface area contributed by atoms with E-state index in [1.54, 1.807) is 12.1 Å². The van der Waals surface area contributed by atoms with Crippen molar-refractivity contribution in [3.8, 4) is 5.75 Å². The molecule has 1 aromatic rings. The Kier molecular flexibility index (Phi) is 8.84. The largest absolute Gasteiger partial charge is 0.492 e. The summed E-state index contributed by atoms with van der Waals surface area (Å²) in [6, 6.07) is 7.42. The van der Waals surface area contributed by atoms with Crippen molar-refractivity contribution in [2.24, 2.45) is 0 Å². The van der Waals surface area contributed by atoms with Crippen molar-refractivity contribution in [3.63, 3.8) is 0 Å². The molecule has 7 nitrogen and oxygen atoms in total. The molecule has 0 radical (unpaired) electrons. The smallest absolute Gasteiger partial charge is 0.317 e. The van der Waals surface area contributed by atoms with Gasteiger partial charge in [0.25, 0.3) is 0 Å². The molecule has 1 amide bonds. The molecule has 1 aromatic carbocycles. The summed E-state index contributed by atoms with van der Waals surface area (Å²) in [5.41, 5.74) is 0. The minimum absolute atomic E-state index is 0.0268. The zero-order valence-corrected chi connectivity index (χ0v) is 16.5. The molecule has 2 rings (SSSR count). The lowest BCUT2D eigenvalue weighted by Gasteiger charge is -2.37. The zero-order valence-electron chi connectivity index (χ0n) is 15.7. The Bertz CT molecular complexity index is 621. The number of hydrogen-bond donors (Lipinski definition) is 2. The van der Waals surface area contributed by atoms with E-state index >= 15 is 0 Å². The van der Waals surface area contributed by atoms with Gasteiger partial charge in [-0.15, -0.1) is 0 Å². The van der Waals surface area contributed by atoms with Crippen LogP contribution in [0.3, 0.4) is 0 Å². The molecular formula is C19H28ClN3O4. The van der Waals surface area contributed by atoms with Gasteiger partial charge in [0, 0.05) is 24.2 Å². The molecule has 0 saturated carbocycles. The molecule has 2 N–H and O–H groups in total. The number of amides is 1. The van der Waals surface area contributed by atoms with Crippen LogP contribution < -0.4 is 10.1 Å². The summed E-state index contributed by atoms with van der Waals surface area (Å²) in [4.78, 5) is 27.1. The van der Waals surface area contributed by atoms with Crippen LogP contribution in [0.2, 0.25) is 5.02 Å². The van der Waals surface area contributed by atoms with Gasteiger partial charge in [0.1, 0.15) is 12.4 Å². The number of aliphatic carboxylic acids is 1. The van der Waals surface area contributed by atoms with Gasteiger partial charge in [0.2, 0.25) is 5.91 Å². The van der Waals surface area contributed by atoms with Crippen molar-refractivity contribution in [2.45, 2.75) is 25.8 Å². The molecule has 0 aromatic heterocycles. The molecule has 0 unspecified atom stereocenters. The van der Waals surface area contributed by atoms with Gasteiger partial charge in [0.15, 0.2) is 0 Å². The Balaban J connectivity index is 1.62. The minimum atomic E-state index is -0.793. The number of ether oxygens (including phenoxy) is 1. The van der Waals surface area contributed by atoms with Gasteiger partial charge in [-0.05, 0) is 37.6 Å². The molecule has 1 heterocycles. The summed E-state index contributed by atoms with van der Waals surface area (Å²) in [5, 5.41) is 12.5. The second-order valence-electron chi connectivity index (χ2n) is 6.62. The molecule has 27 heavy (non-hydrogen) atoms. The molecule has 1 saturated heterocycles. The zero-order chi connectivity index (χ0) is 19.6. The lowest BCUT2D eigenvalue weighted by Crippen LogP contribution is -2.48. The highest BCUT2D eigenvalue weighted by molar-refractivity contribution is 6.30. The third kappa shape index (κ3) is 7.74. The fraction of sp³-hybridized carbons (Fsp3) is 0.579. The van der Waals surface area contributed by atoms with E-state index in [1.165, 1.54) is 0 Å². The third-order valence-corrected chi connectivity index (χ3v) is 4.91. The van der Waals surface area contributed by atoms with E-state index in [0.29, 0.717) is 30.5 Å². The van der Waals surface area contributed by atoms with Crippen molar-refractivity contribution in [2.75, 3.05) is 45.9 Å². The number of likely N-dealkylation sites (N-methyl/N-ethyl adjacent to an activating group) is 1. The highest BCUT2D eigenvalue weighted by Crippen LogP contribution is 2.17. The van der Waals surface area contributed by atoms with Gasteiger partial charge >= 0.3 is 5.97 Å². The van der Waals surface area contributed by atoms with Gasteiger partial charge in [-0.25, -0.2) is 0 Å². The number of carboxylic acid groups (broad SMARTS) is 1. The lowest BCUT2D eigenvalue weighted by atomic mass is 10.0. The first-order chi connectivity index (χ1) is 13.0. The van der Waals surface area contributed by atoms with Crippen molar-refractivity contribution in [1.29, 1.82) is 0 Å². The van der Waals surface area contributed by atoms with Crippen molar-refractivity contribution in [1.82, 2.24) is 15.1 Å². The fourth-order valence-electron chi connectivity index (χ4n) is 3.29. The van der Waals surface area contributed by atoms with Crippen molar-refractivity contribution >= 4 is 23.5 Å². The first-order valence-corrected chi connectivity index (χ1v) is 9.69. The van der Waals surface area contributed by atoms with Crippen LogP contribution in [0.1, 0.15) is 19.8 Å². The summed E-state index contributed by atoms with van der Waals surface area (Å²) in [6.07, 6.45) is 1.76. The number of halogens is 1. The summed E-state index contributed by atoms with van der Waals surface area (Å²) in [6.45, 7) is 5.56. The van der Waals surface area contributed by atoms with Crippen LogP contribution >= 0.6 is 11.6 Å². The third-order valence-electron chi connectivity index (χ3n) is 4.67. The van der Waals surface area contributed by atoms with Crippen molar-refractivity contribution in [3.05, 3.63) is 29.3 Å². The summed E-state index contributed by atoms with van der Waals surface area (Å²) >= 11 is 5.89. The summed E-state index contributed by atoms with van der Waals surface area (Å²) in [7, 11) is 0. The monoisotopic (exact) mass is 397 g/mol. The number of hydrogen-bond acceptors (Lipinski definition) is 5. The Morgan fingerprint density at radius 3 is 2.74 bits per heavy atom. The van der Waals surface area contributed by atoms with Crippen LogP contribution in [-0.4, -0.2) is 78.7 Å². The number of likely N-dealkylation sites (tertiary alicyclic amines) is 1. The first kappa shape index (κ1) is 21.5. The van der Waals surface area contributed by atoms with Gasteiger partial charge < -0.3 is 15.2 Å². The molecule has 0 aliphatic carbocycles. The number of carbonyl (C=O) groups is 2. The Labute approximate surface area is 165 Å². The van der Waals surface area contributed by atoms with E-state index in [9.17, 15) is 9.59 Å². The summed E-state index contributed by atoms with van der Waals surface area (Å²) < 4.78 is 5.55. The fourth-order valence-corrected chi connectivity index (χ4v) is 3.47. The number of piperidine rings is 1. The highest BCUT2D eigenvalue weighted by Gasteiger charge is 2.25. The molecule has 150 valence electrons. The van der Waals surface area contributed by atoms with Crippen LogP contribution in [0.5, 0.6) is 5.75 Å². The SMILES string of the molecule is CCN(CC(=O)O)C1CCN(CC(=O)NCCOc2cccc(Cl)c2)CC1. The number of nitrogens with one attached hydrogen (secondary N) is 1. The van der Waals surface area contributed by atoms with Gasteiger partial charge in [0.05, 0.1) is 19.6 Å². The van der Waals surface area contributed by atoms with E-state index < -0.39 is 5.97 Å². The standard InChI is InChI=1S/C19H28ClN3O4/c1-2-23(14-19(25)26)16-6-9-22(10-7-16)13-18(24)21-8-11-27-17-5-3-4-15(20)12-17/h3-5,12,16H,2,6-11,13-14H2,1H3,(H,21,24)(H,25,26). The molecule has 1 aliphatic rings. The number of rotatable bonds is 10. The van der Waals surface area contributed by atoms with E-state index in [2.05, 4.69) is 10.2 Å². The van der Waals surface area contributed by atoms with Gasteiger partial charge in [-0.3, -0.25) is 19.4 Å². The quantitative estimate of drug-likeness (QED) is 0.585. The van der Waals surface area contributed by atoms with Crippen LogP contribution in [0.15, 0.2) is 24.3 Å². The van der Waals surface area contributed by atoms with E-state index in [1.807, 2.05) is 24.0 Å². The first-order valence-electron chi connectivity index (χ1n) is 9.31. The van der Waals surface area contributed by atoms with Gasteiger partial charge in [-0.2, -0.15) is 0 Å². The lowest BCUT2D eigenvalue weighted by molar-refractivity contribution is -0.139. The van der Waals surface area contributed by atoms with E-state index in [4.69, 9.17) is 21.4 Å². The number of carboxylic acids is 1. The maximum atomic E-state index is 12.1. The van der Waals surface area contributed by atoms with Crippen molar-refractivity contribution < 1.29 is 19.4 Å². The minimum Gasteiger partial charge on any atom is -0.492 e. The van der Waals surface area contributed by atoms with Crippen LogP contribution in [0.4, 0.5) is 0 Å². The second-order valence-corrected chi connectivity index (χ2v) is 7.06. The molecule has 0 spiro atoms. The summed E-state index contributed by atoms with van der Waals surface area (Å²) in [5.74, 6) is -0.139. The molecule has 8 heteroatoms. The molecule has 1 fully saturated rings. The number of nitrogens with zero attached hydrogens (tertiary/aromatic N) is 2. The Morgan fingerprint density at radius 1 is 1.37 bits per heavy atom. The van der Waals surface area contributed by atoms with Crippen LogP contribution in [0.25, 0.3) is 0 Å². The Morgan fingerprint density at radius 2 is 2.11 bits per heavy atom. The molecule has 0 bridgehead atoms. The maximum absolute atomic E-state index is 12.1. The number of benzene rings is 1.